The van der Waals surface area contributed by atoms with Crippen molar-refractivity contribution in [1.82, 2.24) is 29.9 Å². The third kappa shape index (κ3) is 3.80. The van der Waals surface area contributed by atoms with Crippen molar-refractivity contribution in [3.05, 3.63) is 96.5 Å². The molecule has 5 aromatic rings. The van der Waals surface area contributed by atoms with E-state index in [-0.39, 0.29) is 18.2 Å². The number of Topliss-reactive ketones (excluding diaryl/α,β-unsaturated/α-hetero) is 1. The number of hydrogen-bond acceptors (Lipinski definition) is 5. The molecule has 7 heteroatoms. The molecule has 0 fully saturated rings. The number of ketones is 1. The summed E-state index contributed by atoms with van der Waals surface area (Å²) in [6.45, 7) is 2.13. The van der Waals surface area contributed by atoms with Crippen LogP contribution >= 0.6 is 0 Å². The number of H-pyrrole nitrogens is 1. The van der Waals surface area contributed by atoms with Crippen molar-refractivity contribution in [1.29, 1.82) is 0 Å². The van der Waals surface area contributed by atoms with E-state index < -0.39 is 0 Å². The smallest absolute Gasteiger partial charge is 0.188 e. The van der Waals surface area contributed by atoms with Crippen molar-refractivity contribution < 1.29 is 4.79 Å². The molecule has 7 nitrogen and oxygen atoms in total. The fourth-order valence-electron chi connectivity index (χ4n) is 4.02. The van der Waals surface area contributed by atoms with Crippen molar-refractivity contribution >= 4 is 16.7 Å². The van der Waals surface area contributed by atoms with Gasteiger partial charge in [0.1, 0.15) is 12.0 Å². The molecule has 0 saturated heterocycles. The van der Waals surface area contributed by atoms with Gasteiger partial charge < -0.3 is 0 Å². The largest absolute Gasteiger partial charge is 0.292 e. The van der Waals surface area contributed by atoms with Crippen LogP contribution in [0.1, 0.15) is 41.0 Å². The highest BCUT2D eigenvalue weighted by Crippen LogP contribution is 2.25. The molecule has 1 atom stereocenters. The lowest BCUT2D eigenvalue weighted by Crippen LogP contribution is -2.10. The topological polar surface area (TPSA) is 89.4 Å². The molecule has 3 heterocycles. The van der Waals surface area contributed by atoms with E-state index >= 15 is 0 Å². The quantitative estimate of drug-likeness (QED) is 0.386. The summed E-state index contributed by atoms with van der Waals surface area (Å²) in [5.41, 5.74) is 5.20. The Labute approximate surface area is 185 Å². The summed E-state index contributed by atoms with van der Waals surface area (Å²) in [5.74, 6) is -0.0423. The van der Waals surface area contributed by atoms with E-state index in [1.165, 1.54) is 11.9 Å². The zero-order chi connectivity index (χ0) is 21.9. The maximum atomic E-state index is 13.0. The molecule has 5 rings (SSSR count). The average molecular weight is 422 g/mol. The first-order chi connectivity index (χ1) is 15.7. The highest BCUT2D eigenvalue weighted by Gasteiger charge is 2.18. The normalized spacial score (nSPS) is 12.2. The Balaban J connectivity index is 1.36. The van der Waals surface area contributed by atoms with Gasteiger partial charge >= 0.3 is 0 Å². The van der Waals surface area contributed by atoms with E-state index in [9.17, 15) is 4.79 Å². The Bertz CT molecular complexity index is 1360. The van der Waals surface area contributed by atoms with Crippen LogP contribution < -0.4 is 0 Å². The van der Waals surface area contributed by atoms with Crippen LogP contribution in [0.4, 0.5) is 0 Å². The second-order valence-corrected chi connectivity index (χ2v) is 7.72. The molecule has 0 bridgehead atoms. The Morgan fingerprint density at radius 1 is 1.03 bits per heavy atom. The van der Waals surface area contributed by atoms with Crippen LogP contribution in [0.5, 0.6) is 0 Å². The van der Waals surface area contributed by atoms with Gasteiger partial charge in [0.15, 0.2) is 5.78 Å². The Hall–Kier alpha value is -4.13. The summed E-state index contributed by atoms with van der Waals surface area (Å²) < 4.78 is 1.94. The molecule has 1 N–H and O–H groups in total. The van der Waals surface area contributed by atoms with Crippen molar-refractivity contribution in [2.45, 2.75) is 25.8 Å². The fourth-order valence-corrected chi connectivity index (χ4v) is 4.02. The molecule has 0 aliphatic heterocycles. The predicted octanol–water partition coefficient (Wildman–Crippen LogP) is 4.64. The van der Waals surface area contributed by atoms with E-state index in [4.69, 9.17) is 0 Å². The van der Waals surface area contributed by atoms with E-state index in [0.717, 1.165) is 34.0 Å². The first-order valence-electron chi connectivity index (χ1n) is 10.6. The van der Waals surface area contributed by atoms with Gasteiger partial charge in [-0.25, -0.2) is 9.97 Å². The Kier molecular flexibility index (Phi) is 5.29. The summed E-state index contributed by atoms with van der Waals surface area (Å²) >= 11 is 0. The molecule has 32 heavy (non-hydrogen) atoms. The van der Waals surface area contributed by atoms with E-state index in [1.54, 1.807) is 18.6 Å². The lowest BCUT2D eigenvalue weighted by atomic mass is 10.0. The van der Waals surface area contributed by atoms with Gasteiger partial charge in [0.25, 0.3) is 0 Å². The summed E-state index contributed by atoms with van der Waals surface area (Å²) in [5, 5.41) is 12.6. The summed E-state index contributed by atoms with van der Waals surface area (Å²) in [6, 6.07) is 16.3. The van der Waals surface area contributed by atoms with Crippen LogP contribution in [0, 0.1) is 0 Å². The molecular formula is C25H22N6O. The van der Waals surface area contributed by atoms with E-state index in [2.05, 4.69) is 44.3 Å². The molecule has 0 radical (unpaired) electrons. The maximum Gasteiger partial charge on any atom is 0.188 e. The van der Waals surface area contributed by atoms with Crippen LogP contribution in [-0.4, -0.2) is 35.7 Å². The van der Waals surface area contributed by atoms with Gasteiger partial charge in [0.05, 0.1) is 17.8 Å². The van der Waals surface area contributed by atoms with Gasteiger partial charge in [0.2, 0.25) is 0 Å². The number of carbonyl (C=O) groups excluding carboxylic acids is 1. The number of hydrogen-bond donors (Lipinski definition) is 1. The molecule has 0 aliphatic rings. The van der Waals surface area contributed by atoms with Gasteiger partial charge in [-0.1, -0.05) is 43.3 Å². The molecule has 0 unspecified atom stereocenters. The maximum absolute atomic E-state index is 13.0. The molecule has 0 saturated carbocycles. The van der Waals surface area contributed by atoms with Crippen molar-refractivity contribution in [2.75, 3.05) is 0 Å². The first-order valence-corrected chi connectivity index (χ1v) is 10.6. The number of aromatic nitrogens is 6. The second-order valence-electron chi connectivity index (χ2n) is 7.72. The third-order valence-corrected chi connectivity index (χ3v) is 5.63. The monoisotopic (exact) mass is 422 g/mol. The standard InChI is InChI=1S/C25H22N6O/c1-2-23(18-6-4-3-5-7-18)31-15-17(12-28-31)10-24(32)25-21-9-8-19(11-22(21)29-30-25)20-13-26-16-27-14-20/h3-9,11-16,23H,2,10H2,1H3,(H,29,30)/t23-/m0/s1. The molecule has 0 spiro atoms. The van der Waals surface area contributed by atoms with Gasteiger partial charge in [-0.15, -0.1) is 0 Å². The van der Waals surface area contributed by atoms with Crippen LogP contribution in [0.15, 0.2) is 79.6 Å². The average Bonchev–Trinajstić information content (AvgIpc) is 3.47. The predicted molar refractivity (Wildman–Crippen MR) is 122 cm³/mol. The SMILES string of the molecule is CC[C@@H](c1ccccc1)n1cc(CC(=O)c2n[nH]c3cc(-c4cncnc4)ccc23)cn1. The summed E-state index contributed by atoms with van der Waals surface area (Å²) in [6.07, 6.45) is 9.91. The third-order valence-electron chi connectivity index (χ3n) is 5.63. The van der Waals surface area contributed by atoms with Gasteiger partial charge in [-0.2, -0.15) is 10.2 Å². The number of nitrogens with zero attached hydrogens (tertiary/aromatic N) is 5. The minimum absolute atomic E-state index is 0.0423. The van der Waals surface area contributed by atoms with Crippen molar-refractivity contribution in [3.63, 3.8) is 0 Å². The minimum atomic E-state index is -0.0423. The van der Waals surface area contributed by atoms with Crippen LogP contribution in [0.25, 0.3) is 22.0 Å². The second kappa shape index (κ2) is 8.55. The Morgan fingerprint density at radius 3 is 2.62 bits per heavy atom. The number of nitrogens with one attached hydrogen (secondary N) is 1. The molecule has 3 aromatic heterocycles. The number of aromatic amines is 1. The Morgan fingerprint density at radius 2 is 1.84 bits per heavy atom. The van der Waals surface area contributed by atoms with E-state index in [0.29, 0.717) is 5.69 Å². The molecule has 0 amide bonds. The fraction of sp³-hybridized carbons (Fsp3) is 0.160. The molecule has 2 aromatic carbocycles. The van der Waals surface area contributed by atoms with E-state index in [1.807, 2.05) is 47.3 Å². The van der Waals surface area contributed by atoms with Gasteiger partial charge in [-0.05, 0) is 35.2 Å². The van der Waals surface area contributed by atoms with Crippen LogP contribution in [0.2, 0.25) is 0 Å². The van der Waals surface area contributed by atoms with Crippen LogP contribution in [0.3, 0.4) is 0 Å². The minimum Gasteiger partial charge on any atom is -0.292 e. The molecule has 158 valence electrons. The van der Waals surface area contributed by atoms with Gasteiger partial charge in [0, 0.05) is 36.0 Å². The zero-order valence-electron chi connectivity index (χ0n) is 17.6. The molecular weight excluding hydrogens is 400 g/mol. The lowest BCUT2D eigenvalue weighted by Gasteiger charge is -2.15. The highest BCUT2D eigenvalue weighted by atomic mass is 16.1. The number of fused-ring (bicyclic) bond motifs is 1. The molecule has 0 aliphatic carbocycles. The van der Waals surface area contributed by atoms with Crippen molar-refractivity contribution in [3.8, 4) is 11.1 Å². The summed E-state index contributed by atoms with van der Waals surface area (Å²) in [4.78, 5) is 21.1. The highest BCUT2D eigenvalue weighted by molar-refractivity contribution is 6.07. The van der Waals surface area contributed by atoms with Gasteiger partial charge in [-0.3, -0.25) is 14.6 Å². The number of carbonyl (C=O) groups is 1. The zero-order valence-corrected chi connectivity index (χ0v) is 17.6. The van der Waals surface area contributed by atoms with Crippen LogP contribution in [-0.2, 0) is 6.42 Å². The first kappa shape index (κ1) is 19.8. The number of rotatable bonds is 7. The summed E-state index contributed by atoms with van der Waals surface area (Å²) in [7, 11) is 0. The number of benzene rings is 2. The lowest BCUT2D eigenvalue weighted by molar-refractivity contribution is 0.0989. The van der Waals surface area contributed by atoms with Crippen molar-refractivity contribution in [2.24, 2.45) is 0 Å².